The molecular weight excluding hydrogens is 492 g/mol. The van der Waals surface area contributed by atoms with Crippen molar-refractivity contribution in [3.8, 4) is 23.0 Å². The Morgan fingerprint density at radius 1 is 0.667 bits per heavy atom. The minimum absolute atomic E-state index is 0.354. The molecule has 0 aliphatic carbocycles. The second-order valence-corrected chi connectivity index (χ2v) is 18.9. The van der Waals surface area contributed by atoms with Gasteiger partial charge in [-0.25, -0.2) is 4.79 Å². The van der Waals surface area contributed by atoms with E-state index in [1.807, 2.05) is 18.2 Å². The first-order valence-electron chi connectivity index (χ1n) is 12.4. The van der Waals surface area contributed by atoms with Crippen LogP contribution in [-0.2, 0) is 21.7 Å². The van der Waals surface area contributed by atoms with Crippen molar-refractivity contribution >= 4 is 22.8 Å². The van der Waals surface area contributed by atoms with Gasteiger partial charge in [0, 0.05) is 0 Å². The number of ether oxygens (including phenoxy) is 5. The van der Waals surface area contributed by atoms with Crippen LogP contribution < -0.4 is 18.9 Å². The molecule has 2 aromatic carbocycles. The summed E-state index contributed by atoms with van der Waals surface area (Å²) in [6.07, 6.45) is 3.28. The monoisotopic (exact) mass is 534 g/mol. The molecule has 0 saturated carbocycles. The summed E-state index contributed by atoms with van der Waals surface area (Å²) in [5.41, 5.74) is 2.40. The van der Waals surface area contributed by atoms with Crippen molar-refractivity contribution in [1.82, 2.24) is 0 Å². The van der Waals surface area contributed by atoms with Gasteiger partial charge in [-0.05, 0) is 99.4 Å². The number of aryl methyl sites for hydroxylation is 2. The number of hydrogen-bond donors (Lipinski definition) is 0. The molecule has 0 amide bonds. The third-order valence-corrected chi connectivity index (χ3v) is 13.6. The van der Waals surface area contributed by atoms with Gasteiger partial charge in [0.05, 0.1) is 28.4 Å². The first-order valence-corrected chi connectivity index (χ1v) is 18.6. The van der Waals surface area contributed by atoms with Crippen molar-refractivity contribution < 1.29 is 32.6 Å². The van der Waals surface area contributed by atoms with Crippen molar-refractivity contribution in [2.45, 2.75) is 64.0 Å². The maximum Gasteiger partial charge on any atom is 0.513 e. The second kappa shape index (κ2) is 13.7. The minimum Gasteiger partial charge on any atom is -0.493 e. The fourth-order valence-electron chi connectivity index (χ4n) is 4.41. The zero-order valence-corrected chi connectivity index (χ0v) is 25.1. The van der Waals surface area contributed by atoms with Crippen LogP contribution in [0, 0.1) is 0 Å². The Kier molecular flexibility index (Phi) is 11.3. The van der Waals surface area contributed by atoms with Gasteiger partial charge in [-0.1, -0.05) is 12.1 Å². The molecule has 0 aliphatic rings. The molecule has 36 heavy (non-hydrogen) atoms. The molecule has 0 fully saturated rings. The van der Waals surface area contributed by atoms with E-state index in [-0.39, 0.29) is 0 Å². The first kappa shape index (κ1) is 29.7. The maximum absolute atomic E-state index is 11.4. The largest absolute Gasteiger partial charge is 0.513 e. The molecule has 0 saturated heterocycles. The Morgan fingerprint density at radius 2 is 1.11 bits per heavy atom. The smallest absolute Gasteiger partial charge is 0.493 e. The van der Waals surface area contributed by atoms with Gasteiger partial charge in [-0.15, -0.1) is 0 Å². The van der Waals surface area contributed by atoms with Crippen LogP contribution in [0.2, 0.25) is 38.3 Å². The molecule has 9 heteroatoms. The standard InChI is InChI=1S/C27H42O7Si2/c1-29-23-15-13-21(19-25(23)30-2)11-9-17-35(5,6)34-36(7,8)18-10-12-22-14-16-24(26(20-22)31-3)33-27(28)32-4/h13-16,19-20H,9-12,17-18H2,1-8H3. The summed E-state index contributed by atoms with van der Waals surface area (Å²) in [6.45, 7) is 9.32. The number of hydrogen-bond acceptors (Lipinski definition) is 7. The van der Waals surface area contributed by atoms with E-state index in [1.165, 1.54) is 12.7 Å². The van der Waals surface area contributed by atoms with Crippen molar-refractivity contribution in [3.05, 3.63) is 47.5 Å². The highest BCUT2D eigenvalue weighted by molar-refractivity contribution is 6.84. The van der Waals surface area contributed by atoms with E-state index >= 15 is 0 Å². The van der Waals surface area contributed by atoms with Crippen LogP contribution in [0.15, 0.2) is 36.4 Å². The van der Waals surface area contributed by atoms with Crippen LogP contribution in [-0.4, -0.2) is 51.2 Å². The molecule has 2 aromatic rings. The van der Waals surface area contributed by atoms with Crippen LogP contribution >= 0.6 is 0 Å². The predicted molar refractivity (Wildman–Crippen MR) is 148 cm³/mol. The summed E-state index contributed by atoms with van der Waals surface area (Å²) < 4.78 is 32.7. The topological polar surface area (TPSA) is 72.5 Å². The third kappa shape index (κ3) is 9.52. The first-order chi connectivity index (χ1) is 17.0. The molecule has 0 radical (unpaired) electrons. The molecule has 0 N–H and O–H groups in total. The number of carbonyl (C=O) groups excluding carboxylic acids is 1. The number of carbonyl (C=O) groups is 1. The quantitative estimate of drug-likeness (QED) is 0.149. The van der Waals surface area contributed by atoms with Crippen LogP contribution in [0.5, 0.6) is 23.0 Å². The lowest BCUT2D eigenvalue weighted by atomic mass is 10.1. The SMILES string of the molecule is COC(=O)Oc1ccc(CCC[Si](C)(C)O[Si](C)(C)CCCc2ccc(OC)c(OC)c2)cc1OC. The van der Waals surface area contributed by atoms with Crippen LogP contribution in [0.4, 0.5) is 4.79 Å². The van der Waals surface area contributed by atoms with E-state index in [1.54, 1.807) is 27.4 Å². The minimum atomic E-state index is -1.80. The van der Waals surface area contributed by atoms with E-state index in [0.29, 0.717) is 11.5 Å². The lowest BCUT2D eigenvalue weighted by Crippen LogP contribution is -2.44. The van der Waals surface area contributed by atoms with E-state index in [4.69, 9.17) is 23.1 Å². The molecule has 0 unspecified atom stereocenters. The summed E-state index contributed by atoms with van der Waals surface area (Å²) >= 11 is 0. The molecule has 7 nitrogen and oxygen atoms in total. The molecule has 2 rings (SSSR count). The van der Waals surface area contributed by atoms with Gasteiger partial charge in [0.15, 0.2) is 39.6 Å². The maximum atomic E-state index is 11.4. The molecular formula is C27H42O7Si2. The van der Waals surface area contributed by atoms with Crippen molar-refractivity contribution in [1.29, 1.82) is 0 Å². The molecule has 0 bridgehead atoms. The van der Waals surface area contributed by atoms with Gasteiger partial charge in [0.2, 0.25) is 0 Å². The Bertz CT molecular complexity index is 992. The average molecular weight is 535 g/mol. The Morgan fingerprint density at radius 3 is 1.56 bits per heavy atom. The van der Waals surface area contributed by atoms with Gasteiger partial charge in [0.1, 0.15) is 0 Å². The van der Waals surface area contributed by atoms with E-state index < -0.39 is 22.8 Å². The predicted octanol–water partition coefficient (Wildman–Crippen LogP) is 6.85. The summed E-state index contributed by atoms with van der Waals surface area (Å²) in [6, 6.07) is 14.0. The lowest BCUT2D eigenvalue weighted by Gasteiger charge is -2.34. The fourth-order valence-corrected chi connectivity index (χ4v) is 13.3. The van der Waals surface area contributed by atoms with Crippen molar-refractivity contribution in [3.63, 3.8) is 0 Å². The fraction of sp³-hybridized carbons (Fsp3) is 0.519. The zero-order valence-electron chi connectivity index (χ0n) is 23.1. The van der Waals surface area contributed by atoms with Crippen LogP contribution in [0.25, 0.3) is 0 Å². The normalized spacial score (nSPS) is 11.7. The van der Waals surface area contributed by atoms with E-state index in [9.17, 15) is 4.79 Å². The van der Waals surface area contributed by atoms with Gasteiger partial charge in [0.25, 0.3) is 0 Å². The number of benzene rings is 2. The van der Waals surface area contributed by atoms with Crippen molar-refractivity contribution in [2.24, 2.45) is 0 Å². The van der Waals surface area contributed by atoms with Crippen molar-refractivity contribution in [2.75, 3.05) is 28.4 Å². The number of rotatable bonds is 14. The average Bonchev–Trinajstić information content (AvgIpc) is 2.83. The van der Waals surface area contributed by atoms with Gasteiger partial charge >= 0.3 is 6.16 Å². The molecule has 200 valence electrons. The summed E-state index contributed by atoms with van der Waals surface area (Å²) in [7, 11) is 2.59. The van der Waals surface area contributed by atoms with Gasteiger partial charge in [-0.2, -0.15) is 0 Å². The molecule has 0 aromatic heterocycles. The van der Waals surface area contributed by atoms with E-state index in [0.717, 1.165) is 54.8 Å². The summed E-state index contributed by atoms with van der Waals surface area (Å²) in [5.74, 6) is 2.41. The Hall–Kier alpha value is -2.50. The van der Waals surface area contributed by atoms with E-state index in [2.05, 4.69) is 43.1 Å². The van der Waals surface area contributed by atoms with Crippen LogP contribution in [0.3, 0.4) is 0 Å². The molecule has 0 atom stereocenters. The van der Waals surface area contributed by atoms with Gasteiger partial charge in [-0.3, -0.25) is 0 Å². The molecule has 0 spiro atoms. The number of methoxy groups -OCH3 is 4. The Balaban J connectivity index is 1.84. The van der Waals surface area contributed by atoms with Gasteiger partial charge < -0.3 is 27.8 Å². The van der Waals surface area contributed by atoms with Crippen LogP contribution in [0.1, 0.15) is 24.0 Å². The molecule has 0 heterocycles. The second-order valence-electron chi connectivity index (χ2n) is 10.1. The Labute approximate surface area is 218 Å². The summed E-state index contributed by atoms with van der Waals surface area (Å²) in [5, 5.41) is 0. The zero-order chi connectivity index (χ0) is 26.8. The summed E-state index contributed by atoms with van der Waals surface area (Å²) in [4.78, 5) is 11.4. The highest BCUT2D eigenvalue weighted by Crippen LogP contribution is 2.31. The lowest BCUT2D eigenvalue weighted by molar-refractivity contribution is 0.120. The highest BCUT2D eigenvalue weighted by Gasteiger charge is 2.32. The highest BCUT2D eigenvalue weighted by atomic mass is 28.4. The molecule has 0 aliphatic heterocycles. The third-order valence-electron chi connectivity index (χ3n) is 6.08.